The predicted molar refractivity (Wildman–Crippen MR) is 32.6 cm³/mol. The Labute approximate surface area is 53.9 Å². The summed E-state index contributed by atoms with van der Waals surface area (Å²) in [4.78, 5) is 10.2. The maximum Gasteiger partial charge on any atom is 0.217 e. The van der Waals surface area contributed by atoms with Gasteiger partial charge in [0.05, 0.1) is 5.60 Å². The molecule has 0 unspecified atom stereocenters. The van der Waals surface area contributed by atoms with Crippen molar-refractivity contribution in [2.45, 2.75) is 31.3 Å². The molecule has 3 N–H and O–H groups in total. The lowest BCUT2D eigenvalue weighted by Crippen LogP contribution is -2.15. The van der Waals surface area contributed by atoms with Gasteiger partial charge in [0.15, 0.2) is 0 Å². The summed E-state index contributed by atoms with van der Waals surface area (Å²) in [5, 5.41) is 9.17. The number of hydrogen-bond donors (Lipinski definition) is 2. The van der Waals surface area contributed by atoms with E-state index in [-0.39, 0.29) is 5.91 Å². The van der Waals surface area contributed by atoms with Gasteiger partial charge in [0.25, 0.3) is 0 Å². The normalized spacial score (nSPS) is 21.4. The lowest BCUT2D eigenvalue weighted by molar-refractivity contribution is -0.118. The minimum absolute atomic E-state index is 0.316. The van der Waals surface area contributed by atoms with Crippen molar-refractivity contribution in [3.8, 4) is 0 Å². The number of carbonyl (C=O) groups excluding carboxylic acids is 1. The summed E-state index contributed by atoms with van der Waals surface area (Å²) in [7, 11) is 0. The molecule has 1 aliphatic rings. The van der Waals surface area contributed by atoms with Crippen LogP contribution >= 0.6 is 0 Å². The molecule has 1 fully saturated rings. The Balaban J connectivity index is 2.12. The van der Waals surface area contributed by atoms with Crippen LogP contribution in [0.15, 0.2) is 0 Å². The summed E-state index contributed by atoms with van der Waals surface area (Å²) in [5.41, 5.74) is 4.36. The maximum atomic E-state index is 10.2. The standard InChI is InChI=1S/C6H11NO2/c7-5(8)1-2-6(9)3-4-6/h9H,1-4H2,(H2,7,8). The van der Waals surface area contributed by atoms with Crippen molar-refractivity contribution in [1.29, 1.82) is 0 Å². The molecule has 1 rings (SSSR count). The van der Waals surface area contributed by atoms with Crippen LogP contribution in [0.1, 0.15) is 25.7 Å². The van der Waals surface area contributed by atoms with Crippen LogP contribution in [0.5, 0.6) is 0 Å². The highest BCUT2D eigenvalue weighted by molar-refractivity contribution is 5.73. The topological polar surface area (TPSA) is 63.3 Å². The Hall–Kier alpha value is -0.570. The lowest BCUT2D eigenvalue weighted by atomic mass is 10.2. The lowest BCUT2D eigenvalue weighted by Gasteiger charge is -2.02. The zero-order valence-electron chi connectivity index (χ0n) is 5.26. The van der Waals surface area contributed by atoms with Gasteiger partial charge in [0, 0.05) is 6.42 Å². The first-order chi connectivity index (χ1) is 4.12. The molecular weight excluding hydrogens is 118 g/mol. The van der Waals surface area contributed by atoms with Crippen molar-refractivity contribution < 1.29 is 9.90 Å². The smallest absolute Gasteiger partial charge is 0.217 e. The fourth-order valence-corrected chi connectivity index (χ4v) is 0.750. The van der Waals surface area contributed by atoms with Gasteiger partial charge in [-0.15, -0.1) is 0 Å². The number of aliphatic hydroxyl groups is 1. The molecule has 0 heterocycles. The van der Waals surface area contributed by atoms with Gasteiger partial charge in [0.1, 0.15) is 0 Å². The summed E-state index contributed by atoms with van der Waals surface area (Å²) < 4.78 is 0. The van der Waals surface area contributed by atoms with E-state index in [2.05, 4.69) is 0 Å². The van der Waals surface area contributed by atoms with Crippen molar-refractivity contribution >= 4 is 5.91 Å². The molecule has 0 radical (unpaired) electrons. The summed E-state index contributed by atoms with van der Waals surface area (Å²) in [6, 6.07) is 0. The van der Waals surface area contributed by atoms with Crippen molar-refractivity contribution in [3.05, 3.63) is 0 Å². The van der Waals surface area contributed by atoms with Gasteiger partial charge < -0.3 is 10.8 Å². The molecule has 0 aromatic heterocycles. The largest absolute Gasteiger partial charge is 0.390 e. The minimum Gasteiger partial charge on any atom is -0.390 e. The molecule has 3 nitrogen and oxygen atoms in total. The second kappa shape index (κ2) is 1.99. The summed E-state index contributed by atoms with van der Waals surface area (Å²) >= 11 is 0. The van der Waals surface area contributed by atoms with Gasteiger partial charge in [-0.1, -0.05) is 0 Å². The summed E-state index contributed by atoms with van der Waals surface area (Å²) in [6.07, 6.45) is 2.53. The van der Waals surface area contributed by atoms with E-state index in [1.54, 1.807) is 0 Å². The van der Waals surface area contributed by atoms with E-state index in [9.17, 15) is 4.79 Å². The minimum atomic E-state index is -0.519. The zero-order chi connectivity index (χ0) is 6.91. The fraction of sp³-hybridized carbons (Fsp3) is 0.833. The van der Waals surface area contributed by atoms with E-state index in [1.807, 2.05) is 0 Å². The van der Waals surface area contributed by atoms with Crippen LogP contribution in [0.4, 0.5) is 0 Å². The molecule has 3 heteroatoms. The van der Waals surface area contributed by atoms with Crippen LogP contribution in [0.2, 0.25) is 0 Å². The van der Waals surface area contributed by atoms with Gasteiger partial charge in [-0.25, -0.2) is 0 Å². The van der Waals surface area contributed by atoms with E-state index in [0.717, 1.165) is 12.8 Å². The van der Waals surface area contributed by atoms with Gasteiger partial charge in [0.2, 0.25) is 5.91 Å². The van der Waals surface area contributed by atoms with E-state index in [0.29, 0.717) is 12.8 Å². The van der Waals surface area contributed by atoms with E-state index < -0.39 is 5.60 Å². The molecule has 0 bridgehead atoms. The molecule has 9 heavy (non-hydrogen) atoms. The highest BCUT2D eigenvalue weighted by Crippen LogP contribution is 2.38. The Kier molecular flexibility index (Phi) is 1.45. The molecule has 0 atom stereocenters. The van der Waals surface area contributed by atoms with Crippen molar-refractivity contribution in [1.82, 2.24) is 0 Å². The Morgan fingerprint density at radius 1 is 1.67 bits per heavy atom. The van der Waals surface area contributed by atoms with E-state index >= 15 is 0 Å². The quantitative estimate of drug-likeness (QED) is 0.553. The highest BCUT2D eigenvalue weighted by Gasteiger charge is 2.39. The second-order valence-corrected chi connectivity index (χ2v) is 2.69. The first-order valence-corrected chi connectivity index (χ1v) is 3.13. The summed E-state index contributed by atoms with van der Waals surface area (Å²) in [6.45, 7) is 0. The molecule has 0 aliphatic heterocycles. The monoisotopic (exact) mass is 129 g/mol. The summed E-state index contributed by atoms with van der Waals surface area (Å²) in [5.74, 6) is -0.324. The zero-order valence-corrected chi connectivity index (χ0v) is 5.26. The van der Waals surface area contributed by atoms with Crippen LogP contribution < -0.4 is 5.73 Å². The third kappa shape index (κ3) is 2.01. The molecule has 52 valence electrons. The average Bonchev–Trinajstić information content (AvgIpc) is 2.45. The third-order valence-electron chi connectivity index (χ3n) is 1.66. The maximum absolute atomic E-state index is 10.2. The van der Waals surface area contributed by atoms with Crippen LogP contribution in [0, 0.1) is 0 Å². The predicted octanol–water partition coefficient (Wildman–Crippen LogP) is -0.223. The number of amides is 1. The van der Waals surface area contributed by atoms with Gasteiger partial charge in [-0.2, -0.15) is 0 Å². The fourth-order valence-electron chi connectivity index (χ4n) is 0.750. The second-order valence-electron chi connectivity index (χ2n) is 2.69. The molecule has 0 spiro atoms. The SMILES string of the molecule is NC(=O)CCC1(O)CC1. The molecule has 1 amide bonds. The van der Waals surface area contributed by atoms with Gasteiger partial charge >= 0.3 is 0 Å². The first kappa shape index (κ1) is 6.55. The number of rotatable bonds is 3. The number of carbonyl (C=O) groups is 1. The van der Waals surface area contributed by atoms with E-state index in [4.69, 9.17) is 10.8 Å². The third-order valence-corrected chi connectivity index (χ3v) is 1.66. The molecule has 1 saturated carbocycles. The van der Waals surface area contributed by atoms with Crippen LogP contribution in [0.25, 0.3) is 0 Å². The number of hydrogen-bond acceptors (Lipinski definition) is 2. The van der Waals surface area contributed by atoms with Crippen molar-refractivity contribution in [3.63, 3.8) is 0 Å². The average molecular weight is 129 g/mol. The van der Waals surface area contributed by atoms with Crippen LogP contribution in [-0.4, -0.2) is 16.6 Å². The van der Waals surface area contributed by atoms with Gasteiger partial charge in [-0.05, 0) is 19.3 Å². The Morgan fingerprint density at radius 3 is 2.56 bits per heavy atom. The van der Waals surface area contributed by atoms with Gasteiger partial charge in [-0.3, -0.25) is 4.79 Å². The van der Waals surface area contributed by atoms with Crippen LogP contribution in [-0.2, 0) is 4.79 Å². The molecule has 0 aromatic carbocycles. The number of primary amides is 1. The van der Waals surface area contributed by atoms with Crippen LogP contribution in [0.3, 0.4) is 0 Å². The Bertz CT molecular complexity index is 129. The molecule has 0 aromatic rings. The number of nitrogens with two attached hydrogens (primary N) is 1. The van der Waals surface area contributed by atoms with Crippen molar-refractivity contribution in [2.24, 2.45) is 5.73 Å². The highest BCUT2D eigenvalue weighted by atomic mass is 16.3. The van der Waals surface area contributed by atoms with E-state index in [1.165, 1.54) is 0 Å². The van der Waals surface area contributed by atoms with Crippen molar-refractivity contribution in [2.75, 3.05) is 0 Å². The first-order valence-electron chi connectivity index (χ1n) is 3.13. The Morgan fingerprint density at radius 2 is 2.22 bits per heavy atom. The molecular formula is C6H11NO2. The molecule has 0 saturated heterocycles. The molecule has 1 aliphatic carbocycles.